The molecule has 1 fully saturated rings. The molecule has 2 N–H and O–H groups in total. The van der Waals surface area contributed by atoms with E-state index in [1.54, 1.807) is 65.6 Å². The van der Waals surface area contributed by atoms with Crippen LogP contribution in [0.1, 0.15) is 28.9 Å². The molecular formula is C31H29N7O5. The van der Waals surface area contributed by atoms with Crippen LogP contribution >= 0.6 is 0 Å². The van der Waals surface area contributed by atoms with Crippen molar-refractivity contribution >= 4 is 41.8 Å². The first-order chi connectivity index (χ1) is 20.9. The summed E-state index contributed by atoms with van der Waals surface area (Å²) in [4.78, 5) is 44.2. The molecule has 3 amide bonds. The van der Waals surface area contributed by atoms with Crippen molar-refractivity contribution in [2.75, 3.05) is 25.6 Å². The third-order valence-electron chi connectivity index (χ3n) is 6.68. The van der Waals surface area contributed by atoms with E-state index in [1.165, 1.54) is 42.3 Å². The molecule has 0 radical (unpaired) electrons. The van der Waals surface area contributed by atoms with E-state index in [4.69, 9.17) is 4.74 Å². The molecule has 3 aromatic rings. The van der Waals surface area contributed by atoms with E-state index >= 15 is 0 Å². The Morgan fingerprint density at radius 1 is 1.07 bits per heavy atom. The number of nitrogens with one attached hydrogen (secondary N) is 1. The zero-order valence-electron chi connectivity index (χ0n) is 23.5. The molecule has 2 aromatic carbocycles. The number of carbonyl (C=O) groups is 3. The van der Waals surface area contributed by atoms with Gasteiger partial charge in [0.25, 0.3) is 17.7 Å². The third-order valence-corrected chi connectivity index (χ3v) is 6.68. The minimum absolute atomic E-state index is 0.00305. The van der Waals surface area contributed by atoms with E-state index in [2.05, 4.69) is 20.5 Å². The van der Waals surface area contributed by atoms with Crippen LogP contribution < -0.4 is 10.3 Å². The highest BCUT2D eigenvalue weighted by molar-refractivity contribution is 6.29. The Kier molecular flexibility index (Phi) is 8.56. The zero-order chi connectivity index (χ0) is 30.3. The highest BCUT2D eigenvalue weighted by Crippen LogP contribution is 2.29. The number of likely N-dealkylation sites (tertiary alicyclic amines) is 1. The molecule has 1 aromatic heterocycles. The lowest BCUT2D eigenvalue weighted by molar-refractivity contribution is -0.125. The number of ether oxygens (including phenoxy) is 1. The van der Waals surface area contributed by atoms with Gasteiger partial charge in [-0.3, -0.25) is 19.4 Å². The number of hydrazone groups is 1. The Balaban J connectivity index is 1.56. The van der Waals surface area contributed by atoms with Gasteiger partial charge in [0.1, 0.15) is 5.57 Å². The first-order valence-corrected chi connectivity index (χ1v) is 13.5. The number of hydrogen-bond donors (Lipinski definition) is 2. The number of rotatable bonds is 8. The fraction of sp³-hybridized carbons (Fsp3) is 0.161. The lowest BCUT2D eigenvalue weighted by atomic mass is 10.1. The van der Waals surface area contributed by atoms with Gasteiger partial charge in [-0.15, -0.1) is 5.10 Å². The fourth-order valence-corrected chi connectivity index (χ4v) is 4.58. The van der Waals surface area contributed by atoms with Crippen LogP contribution in [-0.4, -0.2) is 70.4 Å². The Hall–Kier alpha value is -5.78. The van der Waals surface area contributed by atoms with Gasteiger partial charge in [-0.05, 0) is 55.0 Å². The third kappa shape index (κ3) is 5.98. The molecule has 43 heavy (non-hydrogen) atoms. The molecule has 12 nitrogen and oxygen atoms in total. The number of aliphatic imine (C=N–C) groups is 1. The number of para-hydroxylation sites is 2. The second-order valence-corrected chi connectivity index (χ2v) is 9.41. The predicted octanol–water partition coefficient (Wildman–Crippen LogP) is 3.42. The van der Waals surface area contributed by atoms with Crippen LogP contribution in [0.4, 0.5) is 5.69 Å². The molecule has 0 saturated carbocycles. The predicted molar refractivity (Wildman–Crippen MR) is 162 cm³/mol. The Morgan fingerprint density at radius 3 is 2.40 bits per heavy atom. The lowest BCUT2D eigenvalue weighted by Gasteiger charge is -2.16. The Labute approximate surface area is 247 Å². The van der Waals surface area contributed by atoms with Crippen LogP contribution in [0.5, 0.6) is 5.88 Å². The maximum Gasteiger partial charge on any atom is 0.284 e. The molecule has 1 saturated heterocycles. The number of hydrogen-bond acceptors (Lipinski definition) is 8. The van der Waals surface area contributed by atoms with E-state index in [9.17, 15) is 19.5 Å². The quantitative estimate of drug-likeness (QED) is 0.181. The van der Waals surface area contributed by atoms with Crippen LogP contribution in [0.3, 0.4) is 0 Å². The van der Waals surface area contributed by atoms with Crippen LogP contribution in [0.15, 0.2) is 100 Å². The van der Waals surface area contributed by atoms with Crippen molar-refractivity contribution in [3.63, 3.8) is 0 Å². The number of aromatic nitrogens is 2. The number of carbonyl (C=O) groups excluding carboxylic acids is 3. The van der Waals surface area contributed by atoms with Gasteiger partial charge in [0, 0.05) is 32.8 Å². The van der Waals surface area contributed by atoms with E-state index in [1.807, 2.05) is 12.1 Å². The first kappa shape index (κ1) is 28.7. The first-order valence-electron chi connectivity index (χ1n) is 13.5. The highest BCUT2D eigenvalue weighted by Gasteiger charge is 2.32. The maximum absolute atomic E-state index is 13.4. The van der Waals surface area contributed by atoms with Crippen LogP contribution in [0, 0.1) is 0 Å². The van der Waals surface area contributed by atoms with Gasteiger partial charge in [-0.25, -0.2) is 0 Å². The van der Waals surface area contributed by atoms with Crippen LogP contribution in [0.2, 0.25) is 0 Å². The Bertz CT molecular complexity index is 1690. The van der Waals surface area contributed by atoms with Gasteiger partial charge in [0.15, 0.2) is 12.1 Å². The van der Waals surface area contributed by atoms with Gasteiger partial charge in [-0.1, -0.05) is 36.4 Å². The highest BCUT2D eigenvalue weighted by atomic mass is 16.5. The summed E-state index contributed by atoms with van der Waals surface area (Å²) in [5.41, 5.74) is 1.84. The van der Waals surface area contributed by atoms with Crippen LogP contribution in [0.25, 0.3) is 11.8 Å². The molecule has 0 spiro atoms. The van der Waals surface area contributed by atoms with Gasteiger partial charge < -0.3 is 20.1 Å². The monoisotopic (exact) mass is 579 g/mol. The minimum atomic E-state index is -0.498. The Morgan fingerprint density at radius 2 is 1.77 bits per heavy atom. The summed E-state index contributed by atoms with van der Waals surface area (Å²) in [6.07, 6.45) is 8.43. The van der Waals surface area contributed by atoms with E-state index in [-0.39, 0.29) is 34.5 Å². The molecule has 12 heteroatoms. The number of benzene rings is 2. The molecule has 0 aliphatic carbocycles. The topological polar surface area (TPSA) is 142 Å². The molecule has 0 atom stereocenters. The second-order valence-electron chi connectivity index (χ2n) is 9.41. The smallest absolute Gasteiger partial charge is 0.284 e. The number of nitrogens with zero attached hydrogens (tertiary/aromatic N) is 6. The van der Waals surface area contributed by atoms with E-state index < -0.39 is 11.8 Å². The summed E-state index contributed by atoms with van der Waals surface area (Å²) < 4.78 is 6.79. The largest absolute Gasteiger partial charge is 0.493 e. The summed E-state index contributed by atoms with van der Waals surface area (Å²) in [7, 11) is 3.00. The second kappa shape index (κ2) is 12.8. The van der Waals surface area contributed by atoms with Gasteiger partial charge in [0.2, 0.25) is 11.8 Å². The summed E-state index contributed by atoms with van der Waals surface area (Å²) in [5.74, 6) is -1.24. The number of amides is 3. The summed E-state index contributed by atoms with van der Waals surface area (Å²) in [6, 6.07) is 17.8. The molecule has 2 aliphatic rings. The maximum atomic E-state index is 13.4. The molecule has 0 bridgehead atoms. The minimum Gasteiger partial charge on any atom is -0.493 e. The molecule has 2 aliphatic heterocycles. The average Bonchev–Trinajstić information content (AvgIpc) is 3.71. The SMILES string of the molecule is C/N=C/OC1=NN(c2ccccc2)C(=O)/C1=C\C=C(C=Cc1c(C(=O)NC)nn(-c2ccccc2)c1O)N1CCCC1=O. The number of allylic oxidation sites excluding steroid dienone is 3. The molecule has 0 unspecified atom stereocenters. The summed E-state index contributed by atoms with van der Waals surface area (Å²) in [6.45, 7) is 0.458. The molecule has 218 valence electrons. The van der Waals surface area contributed by atoms with Crippen molar-refractivity contribution in [3.8, 4) is 11.6 Å². The average molecular weight is 580 g/mol. The standard InChI is InChI=1S/C31H29N7O5/c1-32-20-43-29-25(31(42)38(35-29)23-12-7-4-8-13-23)18-16-21(36-19-9-14-26(36)39)15-17-24-27(28(40)33-2)34-37(30(24)41)22-10-5-3-6-11-22/h3-8,10-13,15-18,20,41H,9,14,19H2,1-2H3,(H,33,40)/b17-15?,21-16?,25-18-,32-20+. The lowest BCUT2D eigenvalue weighted by Crippen LogP contribution is -2.23. The van der Waals surface area contributed by atoms with Gasteiger partial charge in [-0.2, -0.15) is 14.8 Å². The zero-order valence-corrected chi connectivity index (χ0v) is 23.5. The summed E-state index contributed by atoms with van der Waals surface area (Å²) in [5, 5.41) is 23.5. The number of aromatic hydroxyl groups is 1. The van der Waals surface area contributed by atoms with E-state index in [0.29, 0.717) is 36.5 Å². The van der Waals surface area contributed by atoms with Crippen molar-refractivity contribution in [2.45, 2.75) is 12.8 Å². The van der Waals surface area contributed by atoms with Crippen LogP contribution in [-0.2, 0) is 14.3 Å². The molecule has 5 rings (SSSR count). The molecule has 3 heterocycles. The van der Waals surface area contributed by atoms with Crippen molar-refractivity contribution < 1.29 is 24.2 Å². The normalized spacial score (nSPS) is 16.7. The van der Waals surface area contributed by atoms with Gasteiger partial charge >= 0.3 is 0 Å². The van der Waals surface area contributed by atoms with Crippen molar-refractivity contribution in [1.82, 2.24) is 20.0 Å². The molecular weight excluding hydrogens is 550 g/mol. The fourth-order valence-electron chi connectivity index (χ4n) is 4.58. The van der Waals surface area contributed by atoms with Crippen molar-refractivity contribution in [1.29, 1.82) is 0 Å². The summed E-state index contributed by atoms with van der Waals surface area (Å²) >= 11 is 0. The number of anilines is 1. The van der Waals surface area contributed by atoms with Gasteiger partial charge in [0.05, 0.1) is 16.9 Å². The van der Waals surface area contributed by atoms with Crippen molar-refractivity contribution in [3.05, 3.63) is 101 Å². The van der Waals surface area contributed by atoms with Crippen molar-refractivity contribution in [2.24, 2.45) is 10.1 Å². The van der Waals surface area contributed by atoms with E-state index in [0.717, 1.165) is 0 Å².